The molecule has 0 radical (unpaired) electrons. The minimum absolute atomic E-state index is 0.0440. The molecule has 1 aliphatic rings. The summed E-state index contributed by atoms with van der Waals surface area (Å²) < 4.78 is 1.97. The molecule has 0 aliphatic heterocycles. The molecule has 2 aromatic rings. The van der Waals surface area contributed by atoms with Crippen molar-refractivity contribution >= 4 is 22.7 Å². The smallest absolute Gasteiger partial charge is 0.307 e. The fraction of sp³-hybridized carbons (Fsp3) is 0.375. The molecule has 4 heteroatoms. The topological polar surface area (TPSA) is 59.3 Å². The van der Waals surface area contributed by atoms with Crippen molar-refractivity contribution in [3.63, 3.8) is 0 Å². The van der Waals surface area contributed by atoms with Crippen LogP contribution >= 0.6 is 0 Å². The highest BCUT2D eigenvalue weighted by Gasteiger charge is 2.33. The van der Waals surface area contributed by atoms with Gasteiger partial charge in [0.25, 0.3) is 0 Å². The number of rotatable bonds is 2. The molecule has 0 amide bonds. The van der Waals surface area contributed by atoms with E-state index in [0.29, 0.717) is 6.42 Å². The maximum absolute atomic E-state index is 12.4. The van der Waals surface area contributed by atoms with Crippen molar-refractivity contribution in [1.29, 1.82) is 0 Å². The molecule has 0 saturated heterocycles. The van der Waals surface area contributed by atoms with Crippen molar-refractivity contribution < 1.29 is 14.7 Å². The summed E-state index contributed by atoms with van der Waals surface area (Å²) in [5.74, 6) is -1.52. The molecule has 1 aromatic carbocycles. The lowest BCUT2D eigenvalue weighted by molar-refractivity contribution is -0.141. The number of carboxylic acid groups (broad SMARTS) is 1. The van der Waals surface area contributed by atoms with Crippen LogP contribution in [0.15, 0.2) is 18.2 Å². The molecule has 0 fully saturated rings. The molecule has 1 atom stereocenters. The Morgan fingerprint density at radius 2 is 2.15 bits per heavy atom. The van der Waals surface area contributed by atoms with Crippen LogP contribution in [0.4, 0.5) is 0 Å². The second-order valence-electron chi connectivity index (χ2n) is 5.45. The highest BCUT2D eigenvalue weighted by Crippen LogP contribution is 2.34. The van der Waals surface area contributed by atoms with E-state index in [2.05, 4.69) is 19.1 Å². The van der Waals surface area contributed by atoms with Gasteiger partial charge in [-0.15, -0.1) is 0 Å². The lowest BCUT2D eigenvalue weighted by Gasteiger charge is -2.19. The average Bonchev–Trinajstić information content (AvgIpc) is 2.72. The van der Waals surface area contributed by atoms with Crippen molar-refractivity contribution in [2.45, 2.75) is 26.2 Å². The Morgan fingerprint density at radius 3 is 2.80 bits per heavy atom. The van der Waals surface area contributed by atoms with Gasteiger partial charge in [0.05, 0.1) is 5.92 Å². The highest BCUT2D eigenvalue weighted by molar-refractivity contribution is 6.11. The quantitative estimate of drug-likeness (QED) is 0.913. The van der Waals surface area contributed by atoms with E-state index in [1.54, 1.807) is 0 Å². The molecule has 4 nitrogen and oxygen atoms in total. The molecule has 1 N–H and O–H groups in total. The van der Waals surface area contributed by atoms with Crippen molar-refractivity contribution in [1.82, 2.24) is 4.57 Å². The Balaban J connectivity index is 2.25. The summed E-state index contributed by atoms with van der Waals surface area (Å²) in [6.07, 6.45) is 1.46. The van der Waals surface area contributed by atoms with E-state index >= 15 is 0 Å². The first kappa shape index (κ1) is 12.9. The first-order valence-electron chi connectivity index (χ1n) is 6.89. The van der Waals surface area contributed by atoms with Gasteiger partial charge in [-0.2, -0.15) is 0 Å². The van der Waals surface area contributed by atoms with Gasteiger partial charge in [0.2, 0.25) is 0 Å². The lowest BCUT2D eigenvalue weighted by atomic mass is 9.85. The van der Waals surface area contributed by atoms with E-state index in [1.165, 1.54) is 5.56 Å². The van der Waals surface area contributed by atoms with Crippen LogP contribution in [0, 0.1) is 5.92 Å². The number of carbonyl (C=O) groups is 2. The summed E-state index contributed by atoms with van der Waals surface area (Å²) in [6.45, 7) is 2.08. The van der Waals surface area contributed by atoms with Crippen LogP contribution in [0.5, 0.6) is 0 Å². The number of hydrogen-bond donors (Lipinski definition) is 1. The van der Waals surface area contributed by atoms with Crippen LogP contribution in [0.1, 0.15) is 35.0 Å². The predicted octanol–water partition coefficient (Wildman–Crippen LogP) is 2.57. The van der Waals surface area contributed by atoms with E-state index in [1.807, 2.05) is 17.7 Å². The Kier molecular flexibility index (Phi) is 2.89. The summed E-state index contributed by atoms with van der Waals surface area (Å²) in [7, 11) is 1.91. The van der Waals surface area contributed by atoms with Gasteiger partial charge in [0, 0.05) is 42.0 Å². The first-order chi connectivity index (χ1) is 9.52. The molecular formula is C16H17NO3. The number of nitrogens with zero attached hydrogens (tertiary/aromatic N) is 1. The molecule has 104 valence electrons. The van der Waals surface area contributed by atoms with Crippen molar-refractivity contribution in [2.75, 3.05) is 0 Å². The predicted molar refractivity (Wildman–Crippen MR) is 76.1 cm³/mol. The van der Waals surface area contributed by atoms with Gasteiger partial charge in [0.15, 0.2) is 5.78 Å². The summed E-state index contributed by atoms with van der Waals surface area (Å²) in [4.78, 5) is 23.5. The van der Waals surface area contributed by atoms with E-state index < -0.39 is 11.9 Å². The Labute approximate surface area is 117 Å². The largest absolute Gasteiger partial charge is 0.481 e. The third kappa shape index (κ3) is 1.75. The molecule has 0 bridgehead atoms. The Hall–Kier alpha value is -2.10. The zero-order valence-electron chi connectivity index (χ0n) is 11.6. The van der Waals surface area contributed by atoms with Gasteiger partial charge >= 0.3 is 5.97 Å². The SMILES string of the molecule is CCc1ccc2c(c1)c1c(n2C)CC(C(=O)O)CC1=O. The van der Waals surface area contributed by atoms with Gasteiger partial charge in [0.1, 0.15) is 0 Å². The normalized spacial score (nSPS) is 18.3. The minimum Gasteiger partial charge on any atom is -0.481 e. The van der Waals surface area contributed by atoms with Crippen molar-refractivity contribution in [3.8, 4) is 0 Å². The highest BCUT2D eigenvalue weighted by atomic mass is 16.4. The first-order valence-corrected chi connectivity index (χ1v) is 6.89. The van der Waals surface area contributed by atoms with Crippen LogP contribution in [0.3, 0.4) is 0 Å². The van der Waals surface area contributed by atoms with Crippen LogP contribution in [0.25, 0.3) is 10.9 Å². The van der Waals surface area contributed by atoms with Gasteiger partial charge in [-0.3, -0.25) is 9.59 Å². The van der Waals surface area contributed by atoms with Crippen LogP contribution < -0.4 is 0 Å². The van der Waals surface area contributed by atoms with Gasteiger partial charge in [-0.1, -0.05) is 13.0 Å². The molecule has 0 saturated carbocycles. The molecule has 3 rings (SSSR count). The second kappa shape index (κ2) is 4.47. The van der Waals surface area contributed by atoms with Crippen LogP contribution in [0.2, 0.25) is 0 Å². The maximum atomic E-state index is 12.4. The molecule has 1 aliphatic carbocycles. The molecular weight excluding hydrogens is 254 g/mol. The fourth-order valence-corrected chi connectivity index (χ4v) is 3.12. The number of benzene rings is 1. The number of aliphatic carboxylic acids is 1. The minimum atomic E-state index is -0.886. The molecule has 1 heterocycles. The fourth-order valence-electron chi connectivity index (χ4n) is 3.12. The zero-order valence-corrected chi connectivity index (χ0v) is 11.6. The van der Waals surface area contributed by atoms with Crippen LogP contribution in [-0.4, -0.2) is 21.4 Å². The lowest BCUT2D eigenvalue weighted by Crippen LogP contribution is -2.27. The molecule has 1 unspecified atom stereocenters. The van der Waals surface area contributed by atoms with E-state index in [4.69, 9.17) is 5.11 Å². The summed E-state index contributed by atoms with van der Waals surface area (Å²) in [5, 5.41) is 10.1. The average molecular weight is 271 g/mol. The Bertz CT molecular complexity index is 727. The number of aryl methyl sites for hydroxylation is 2. The maximum Gasteiger partial charge on any atom is 0.307 e. The number of carboxylic acids is 1. The van der Waals surface area contributed by atoms with Gasteiger partial charge in [-0.25, -0.2) is 0 Å². The van der Waals surface area contributed by atoms with E-state index in [0.717, 1.165) is 28.6 Å². The molecule has 0 spiro atoms. The number of fused-ring (bicyclic) bond motifs is 3. The number of Topliss-reactive ketones (excluding diaryl/α,β-unsaturated/α-hetero) is 1. The second-order valence-corrected chi connectivity index (χ2v) is 5.45. The van der Waals surface area contributed by atoms with Crippen molar-refractivity contribution in [2.24, 2.45) is 13.0 Å². The number of carbonyl (C=O) groups excluding carboxylic acids is 1. The third-order valence-corrected chi connectivity index (χ3v) is 4.29. The van der Waals surface area contributed by atoms with Crippen molar-refractivity contribution in [3.05, 3.63) is 35.0 Å². The molecule has 1 aromatic heterocycles. The summed E-state index contributed by atoms with van der Waals surface area (Å²) in [5.41, 5.74) is 3.79. The third-order valence-electron chi connectivity index (χ3n) is 4.29. The van der Waals surface area contributed by atoms with E-state index in [-0.39, 0.29) is 12.2 Å². The summed E-state index contributed by atoms with van der Waals surface area (Å²) >= 11 is 0. The standard InChI is InChI=1S/C16H17NO3/c1-3-9-4-5-12-11(6-9)15-13(17(12)2)7-10(16(19)20)8-14(15)18/h4-6,10H,3,7-8H2,1-2H3,(H,19,20). The summed E-state index contributed by atoms with van der Waals surface area (Å²) in [6, 6.07) is 6.15. The molecule has 20 heavy (non-hydrogen) atoms. The van der Waals surface area contributed by atoms with Gasteiger partial charge < -0.3 is 9.67 Å². The zero-order chi connectivity index (χ0) is 14.4. The van der Waals surface area contributed by atoms with Crippen LogP contribution in [-0.2, 0) is 24.7 Å². The Morgan fingerprint density at radius 1 is 1.40 bits per heavy atom. The van der Waals surface area contributed by atoms with Gasteiger partial charge in [-0.05, 0) is 24.1 Å². The number of ketones is 1. The number of aromatic nitrogens is 1. The number of hydrogen-bond acceptors (Lipinski definition) is 2. The van der Waals surface area contributed by atoms with E-state index in [9.17, 15) is 9.59 Å². The monoisotopic (exact) mass is 271 g/mol.